The number of halogens is 4. The van der Waals surface area contributed by atoms with Crippen molar-refractivity contribution in [3.05, 3.63) is 35.1 Å². The van der Waals surface area contributed by atoms with Gasteiger partial charge in [0.25, 0.3) is 0 Å². The molecule has 6 heteroatoms. The fourth-order valence-electron chi connectivity index (χ4n) is 1.70. The average molecular weight is 309 g/mol. The van der Waals surface area contributed by atoms with Crippen molar-refractivity contribution in [1.29, 1.82) is 0 Å². The summed E-state index contributed by atoms with van der Waals surface area (Å²) in [5, 5.41) is 3.15. The molecule has 0 aliphatic rings. The molecule has 1 rings (SSSR count). The summed E-state index contributed by atoms with van der Waals surface area (Å²) in [6, 6.07) is 3.34. The van der Waals surface area contributed by atoms with Crippen LogP contribution >= 0.6 is 11.8 Å². The molecule has 0 aliphatic carbocycles. The summed E-state index contributed by atoms with van der Waals surface area (Å²) in [6.07, 6.45) is -3.70. The van der Waals surface area contributed by atoms with Gasteiger partial charge in [0.2, 0.25) is 0 Å². The molecule has 20 heavy (non-hydrogen) atoms. The highest BCUT2D eigenvalue weighted by atomic mass is 32.2. The number of thioether (sulfide) groups is 1. The van der Waals surface area contributed by atoms with E-state index in [1.807, 2.05) is 18.7 Å². The van der Waals surface area contributed by atoms with Gasteiger partial charge in [-0.3, -0.25) is 0 Å². The minimum Gasteiger partial charge on any atom is -0.310 e. The molecular weight excluding hydrogens is 290 g/mol. The molecule has 1 unspecified atom stereocenters. The lowest BCUT2D eigenvalue weighted by molar-refractivity contribution is -0.140. The number of hydrogen-bond acceptors (Lipinski definition) is 2. The van der Waals surface area contributed by atoms with Crippen LogP contribution < -0.4 is 5.32 Å². The highest BCUT2D eigenvalue weighted by Gasteiger charge is 2.34. The molecule has 1 aromatic rings. The largest absolute Gasteiger partial charge is 0.419 e. The molecule has 0 radical (unpaired) electrons. The van der Waals surface area contributed by atoms with Crippen LogP contribution in [0.3, 0.4) is 0 Å². The van der Waals surface area contributed by atoms with Crippen LogP contribution in [-0.2, 0) is 12.7 Å². The summed E-state index contributed by atoms with van der Waals surface area (Å²) in [5.41, 5.74) is -0.764. The number of alkyl halides is 3. The smallest absolute Gasteiger partial charge is 0.310 e. The lowest BCUT2D eigenvalue weighted by atomic mass is 10.1. The molecule has 1 atom stereocenters. The van der Waals surface area contributed by atoms with Gasteiger partial charge in [0.15, 0.2) is 0 Å². The Bertz CT molecular complexity index is 420. The molecular formula is C14H19F4NS. The fourth-order valence-corrected chi connectivity index (χ4v) is 2.51. The predicted octanol–water partition coefficient (Wildman–Crippen LogP) is 4.47. The first-order valence-corrected chi connectivity index (χ1v) is 7.66. The van der Waals surface area contributed by atoms with E-state index in [1.165, 1.54) is 6.07 Å². The maximum Gasteiger partial charge on any atom is 0.419 e. The summed E-state index contributed by atoms with van der Waals surface area (Å²) in [5.74, 6) is 0.843. The molecule has 1 N–H and O–H groups in total. The molecule has 0 saturated carbocycles. The Morgan fingerprint density at radius 1 is 1.30 bits per heavy atom. The van der Waals surface area contributed by atoms with Crippen molar-refractivity contribution in [1.82, 2.24) is 5.32 Å². The van der Waals surface area contributed by atoms with Gasteiger partial charge >= 0.3 is 6.18 Å². The van der Waals surface area contributed by atoms with E-state index < -0.39 is 17.6 Å². The SMILES string of the molecule is CCSCCC(C)NCc1ccc(F)c(C(F)(F)F)c1. The van der Waals surface area contributed by atoms with Crippen LogP contribution in [0.4, 0.5) is 17.6 Å². The average Bonchev–Trinajstić information content (AvgIpc) is 2.36. The van der Waals surface area contributed by atoms with E-state index in [2.05, 4.69) is 12.2 Å². The van der Waals surface area contributed by atoms with Gasteiger partial charge in [-0.05, 0) is 42.5 Å². The standard InChI is InChI=1S/C14H19F4NS/c1-3-20-7-6-10(2)19-9-11-4-5-13(15)12(8-11)14(16,17)18/h4-5,8,10,19H,3,6-7,9H2,1-2H3. The topological polar surface area (TPSA) is 12.0 Å². The van der Waals surface area contributed by atoms with Crippen molar-refractivity contribution < 1.29 is 17.6 Å². The van der Waals surface area contributed by atoms with Gasteiger partial charge in [0.05, 0.1) is 5.56 Å². The Morgan fingerprint density at radius 2 is 2.00 bits per heavy atom. The predicted molar refractivity (Wildman–Crippen MR) is 75.3 cm³/mol. The number of rotatable bonds is 7. The molecule has 0 spiro atoms. The van der Waals surface area contributed by atoms with Gasteiger partial charge < -0.3 is 5.32 Å². The molecule has 0 bridgehead atoms. The maximum atomic E-state index is 13.1. The Kier molecular flexibility index (Phi) is 6.82. The monoisotopic (exact) mass is 309 g/mol. The third-order valence-corrected chi connectivity index (χ3v) is 3.82. The van der Waals surface area contributed by atoms with Crippen molar-refractivity contribution in [3.63, 3.8) is 0 Å². The molecule has 0 heterocycles. The van der Waals surface area contributed by atoms with E-state index in [-0.39, 0.29) is 6.04 Å². The van der Waals surface area contributed by atoms with Crippen molar-refractivity contribution in [2.75, 3.05) is 11.5 Å². The van der Waals surface area contributed by atoms with Crippen LogP contribution in [0.5, 0.6) is 0 Å². The molecule has 1 nitrogen and oxygen atoms in total. The highest BCUT2D eigenvalue weighted by Crippen LogP contribution is 2.31. The summed E-state index contributed by atoms with van der Waals surface area (Å²) >= 11 is 1.83. The first kappa shape index (κ1) is 17.3. The van der Waals surface area contributed by atoms with Crippen molar-refractivity contribution in [2.24, 2.45) is 0 Å². The molecule has 1 aromatic carbocycles. The van der Waals surface area contributed by atoms with Gasteiger partial charge in [-0.25, -0.2) is 4.39 Å². The Balaban J connectivity index is 2.56. The first-order chi connectivity index (χ1) is 9.34. The Hall–Kier alpha value is -0.750. The Morgan fingerprint density at radius 3 is 2.60 bits per heavy atom. The van der Waals surface area contributed by atoms with E-state index >= 15 is 0 Å². The van der Waals surface area contributed by atoms with E-state index in [0.29, 0.717) is 12.1 Å². The molecule has 114 valence electrons. The fraction of sp³-hybridized carbons (Fsp3) is 0.571. The van der Waals surface area contributed by atoms with Gasteiger partial charge in [-0.2, -0.15) is 24.9 Å². The number of hydrogen-bond donors (Lipinski definition) is 1. The highest BCUT2D eigenvalue weighted by molar-refractivity contribution is 7.99. The number of nitrogens with one attached hydrogen (secondary N) is 1. The van der Waals surface area contributed by atoms with Crippen molar-refractivity contribution >= 4 is 11.8 Å². The van der Waals surface area contributed by atoms with Gasteiger partial charge in [0, 0.05) is 12.6 Å². The van der Waals surface area contributed by atoms with E-state index in [4.69, 9.17) is 0 Å². The Labute approximate surface area is 121 Å². The second-order valence-electron chi connectivity index (χ2n) is 4.58. The summed E-state index contributed by atoms with van der Waals surface area (Å²) < 4.78 is 50.8. The zero-order chi connectivity index (χ0) is 15.2. The van der Waals surface area contributed by atoms with E-state index in [1.54, 1.807) is 0 Å². The van der Waals surface area contributed by atoms with Crippen LogP contribution in [0.25, 0.3) is 0 Å². The lowest BCUT2D eigenvalue weighted by Crippen LogP contribution is -2.26. The lowest BCUT2D eigenvalue weighted by Gasteiger charge is -2.15. The van der Waals surface area contributed by atoms with Crippen LogP contribution in [0, 0.1) is 5.82 Å². The van der Waals surface area contributed by atoms with E-state index in [0.717, 1.165) is 30.1 Å². The second-order valence-corrected chi connectivity index (χ2v) is 5.97. The quantitative estimate of drug-likeness (QED) is 0.589. The minimum atomic E-state index is -4.65. The van der Waals surface area contributed by atoms with Crippen LogP contribution in [-0.4, -0.2) is 17.5 Å². The molecule has 0 aromatic heterocycles. The van der Waals surface area contributed by atoms with Crippen molar-refractivity contribution in [3.8, 4) is 0 Å². The summed E-state index contributed by atoms with van der Waals surface area (Å²) in [4.78, 5) is 0. The van der Waals surface area contributed by atoms with Gasteiger partial charge in [0.1, 0.15) is 5.82 Å². The minimum absolute atomic E-state index is 0.216. The van der Waals surface area contributed by atoms with E-state index in [9.17, 15) is 17.6 Å². The third kappa shape index (κ3) is 5.71. The summed E-state index contributed by atoms with van der Waals surface area (Å²) in [6.45, 7) is 4.38. The maximum absolute atomic E-state index is 13.1. The molecule has 0 amide bonds. The third-order valence-electron chi connectivity index (χ3n) is 2.89. The summed E-state index contributed by atoms with van der Waals surface area (Å²) in [7, 11) is 0. The van der Waals surface area contributed by atoms with Crippen LogP contribution in [0.15, 0.2) is 18.2 Å². The van der Waals surface area contributed by atoms with Gasteiger partial charge in [-0.1, -0.05) is 13.0 Å². The molecule has 0 saturated heterocycles. The number of benzene rings is 1. The molecule has 0 fully saturated rings. The van der Waals surface area contributed by atoms with Crippen molar-refractivity contribution in [2.45, 2.75) is 39.0 Å². The zero-order valence-corrected chi connectivity index (χ0v) is 12.4. The molecule has 0 aliphatic heterocycles. The van der Waals surface area contributed by atoms with Gasteiger partial charge in [-0.15, -0.1) is 0 Å². The second kappa shape index (κ2) is 7.88. The normalized spacial score (nSPS) is 13.5. The first-order valence-electron chi connectivity index (χ1n) is 6.51. The van der Waals surface area contributed by atoms with Crippen LogP contribution in [0.2, 0.25) is 0 Å². The zero-order valence-electron chi connectivity index (χ0n) is 11.6. The van der Waals surface area contributed by atoms with Crippen LogP contribution in [0.1, 0.15) is 31.4 Å².